The van der Waals surface area contributed by atoms with Crippen LogP contribution in [0, 0.1) is 28.6 Å². The second-order valence-electron chi connectivity index (χ2n) is 9.61. The fourth-order valence-electron chi connectivity index (χ4n) is 7.27. The molecule has 0 spiro atoms. The van der Waals surface area contributed by atoms with Crippen LogP contribution in [0.4, 0.5) is 0 Å². The molecule has 3 fully saturated rings. The molecule has 0 amide bonds. The number of fused-ring (bicyclic) bond motifs is 5. The lowest BCUT2D eigenvalue weighted by Gasteiger charge is -2.61. The summed E-state index contributed by atoms with van der Waals surface area (Å²) >= 11 is 0. The number of rotatable bonds is 3. The van der Waals surface area contributed by atoms with Crippen LogP contribution in [-0.2, 0) is 14.3 Å². The largest absolute Gasteiger partial charge is 0.481 e. The van der Waals surface area contributed by atoms with E-state index < -0.39 is 23.1 Å². The summed E-state index contributed by atoms with van der Waals surface area (Å²) in [6.07, 6.45) is 5.54. The summed E-state index contributed by atoms with van der Waals surface area (Å²) in [6, 6.07) is 0. The van der Waals surface area contributed by atoms with Crippen LogP contribution in [0.25, 0.3) is 0 Å². The number of carbonyl (C=O) groups excluding carboxylic acids is 1. The molecule has 0 heterocycles. The fraction of sp³-hybridized carbons (Fsp3) is 0.818. The number of aliphatic carboxylic acids is 1. The van der Waals surface area contributed by atoms with E-state index in [9.17, 15) is 24.9 Å². The highest BCUT2D eigenvalue weighted by molar-refractivity contribution is 5.78. The molecule has 3 N–H and O–H groups in total. The number of aliphatic hydroxyl groups is 2. The van der Waals surface area contributed by atoms with Gasteiger partial charge >= 0.3 is 11.9 Å². The van der Waals surface area contributed by atoms with Crippen molar-refractivity contribution >= 4 is 11.9 Å². The molecular weight excluding hydrogens is 360 g/mol. The highest BCUT2D eigenvalue weighted by Gasteiger charge is 2.68. The summed E-state index contributed by atoms with van der Waals surface area (Å²) in [7, 11) is 0. The molecule has 4 rings (SSSR count). The number of carboxylic acids is 1. The number of carbonyl (C=O) groups is 2. The quantitative estimate of drug-likeness (QED) is 0.504. The zero-order chi connectivity index (χ0) is 20.3. The Morgan fingerprint density at radius 1 is 1.21 bits per heavy atom. The molecule has 0 aromatic rings. The van der Waals surface area contributed by atoms with E-state index in [1.807, 2.05) is 6.92 Å². The van der Waals surface area contributed by atoms with E-state index in [1.165, 1.54) is 5.57 Å². The SMILES string of the molecule is CCOC(=O)[C@@H]1CC=C2[C@@H]3CC[C@]4(O)C[C@H](O)CC[C@]4(C(=O)O)[C@@H]3CC[C@]21C. The Morgan fingerprint density at radius 2 is 1.96 bits per heavy atom. The van der Waals surface area contributed by atoms with Gasteiger partial charge in [-0.1, -0.05) is 18.6 Å². The normalized spacial score (nSPS) is 47.4. The minimum Gasteiger partial charge on any atom is -0.481 e. The van der Waals surface area contributed by atoms with E-state index in [4.69, 9.17) is 4.74 Å². The van der Waals surface area contributed by atoms with Crippen molar-refractivity contribution in [1.29, 1.82) is 0 Å². The Bertz CT molecular complexity index is 716. The first kappa shape index (κ1) is 19.9. The zero-order valence-corrected chi connectivity index (χ0v) is 16.8. The van der Waals surface area contributed by atoms with Crippen molar-refractivity contribution in [3.8, 4) is 0 Å². The van der Waals surface area contributed by atoms with Crippen molar-refractivity contribution in [2.75, 3.05) is 6.61 Å². The van der Waals surface area contributed by atoms with Crippen LogP contribution in [0.2, 0.25) is 0 Å². The van der Waals surface area contributed by atoms with Crippen molar-refractivity contribution in [2.24, 2.45) is 28.6 Å². The van der Waals surface area contributed by atoms with Crippen LogP contribution in [-0.4, -0.2) is 45.6 Å². The third-order valence-corrected chi connectivity index (χ3v) is 8.59. The highest BCUT2D eigenvalue weighted by atomic mass is 16.5. The molecular formula is C22H32O6. The van der Waals surface area contributed by atoms with E-state index in [1.54, 1.807) is 0 Å². The first-order valence-corrected chi connectivity index (χ1v) is 10.7. The van der Waals surface area contributed by atoms with Crippen LogP contribution in [0.5, 0.6) is 0 Å². The van der Waals surface area contributed by atoms with Crippen molar-refractivity contribution < 1.29 is 29.6 Å². The first-order valence-electron chi connectivity index (χ1n) is 10.7. The van der Waals surface area contributed by atoms with E-state index in [0.29, 0.717) is 45.1 Å². The van der Waals surface area contributed by atoms with Crippen LogP contribution >= 0.6 is 0 Å². The molecule has 156 valence electrons. The molecule has 0 saturated heterocycles. The maximum atomic E-state index is 12.6. The number of hydrogen-bond acceptors (Lipinski definition) is 5. The topological polar surface area (TPSA) is 104 Å². The van der Waals surface area contributed by atoms with Gasteiger partial charge in [0.2, 0.25) is 0 Å². The van der Waals surface area contributed by atoms with Crippen molar-refractivity contribution in [3.63, 3.8) is 0 Å². The van der Waals surface area contributed by atoms with Gasteiger partial charge in [-0.3, -0.25) is 9.59 Å². The Labute approximate surface area is 166 Å². The second-order valence-corrected chi connectivity index (χ2v) is 9.61. The highest BCUT2D eigenvalue weighted by Crippen LogP contribution is 2.67. The molecule has 0 aromatic carbocycles. The van der Waals surface area contributed by atoms with Gasteiger partial charge in [-0.25, -0.2) is 0 Å². The summed E-state index contributed by atoms with van der Waals surface area (Å²) in [5, 5.41) is 31.8. The molecule has 0 aliphatic heterocycles. The predicted octanol–water partition coefficient (Wildman–Crippen LogP) is 2.67. The fourth-order valence-corrected chi connectivity index (χ4v) is 7.27. The van der Waals surface area contributed by atoms with E-state index in [0.717, 1.165) is 6.42 Å². The van der Waals surface area contributed by atoms with Gasteiger partial charge in [0.15, 0.2) is 0 Å². The van der Waals surface area contributed by atoms with Crippen LogP contribution in [0.3, 0.4) is 0 Å². The van der Waals surface area contributed by atoms with Gasteiger partial charge in [-0.05, 0) is 63.7 Å². The van der Waals surface area contributed by atoms with Gasteiger partial charge in [0, 0.05) is 11.8 Å². The first-order chi connectivity index (χ1) is 13.2. The summed E-state index contributed by atoms with van der Waals surface area (Å²) in [6.45, 7) is 4.31. The molecule has 0 unspecified atom stereocenters. The number of aliphatic hydroxyl groups excluding tert-OH is 1. The molecule has 3 saturated carbocycles. The van der Waals surface area contributed by atoms with Gasteiger partial charge in [0.05, 0.1) is 29.6 Å². The number of carboxylic acid groups (broad SMARTS) is 1. The van der Waals surface area contributed by atoms with Gasteiger partial charge in [0.1, 0.15) is 0 Å². The third kappa shape index (κ3) is 2.46. The van der Waals surface area contributed by atoms with E-state index in [-0.39, 0.29) is 35.6 Å². The molecule has 28 heavy (non-hydrogen) atoms. The molecule has 4 aliphatic rings. The van der Waals surface area contributed by atoms with Crippen molar-refractivity contribution in [3.05, 3.63) is 11.6 Å². The molecule has 0 radical (unpaired) electrons. The van der Waals surface area contributed by atoms with Gasteiger partial charge < -0.3 is 20.1 Å². The molecule has 7 atom stereocenters. The standard InChI is InChI=1S/C22H32O6/c1-3-28-18(24)17-5-4-15-14-7-10-21(27)12-13(23)6-11-22(21,19(25)26)16(14)8-9-20(15,17)2/h4,13-14,16-17,23,27H,3,5-12H2,1-2H3,(H,25,26)/t13-,14+,16-,17+,20-,21+,22-/m1/s1. The van der Waals surface area contributed by atoms with Crippen LogP contribution < -0.4 is 0 Å². The lowest BCUT2D eigenvalue weighted by molar-refractivity contribution is -0.223. The Morgan fingerprint density at radius 3 is 2.64 bits per heavy atom. The Hall–Kier alpha value is -1.40. The average molecular weight is 392 g/mol. The Kier molecular flexibility index (Phi) is 4.66. The molecule has 0 aromatic heterocycles. The molecule has 0 bridgehead atoms. The van der Waals surface area contributed by atoms with Gasteiger partial charge in [-0.15, -0.1) is 0 Å². The monoisotopic (exact) mass is 392 g/mol. The minimum absolute atomic E-state index is 0.0739. The summed E-state index contributed by atoms with van der Waals surface area (Å²) < 4.78 is 5.31. The summed E-state index contributed by atoms with van der Waals surface area (Å²) in [5.41, 5.74) is -1.64. The molecule has 6 nitrogen and oxygen atoms in total. The average Bonchev–Trinajstić information content (AvgIpc) is 2.98. The third-order valence-electron chi connectivity index (χ3n) is 8.59. The van der Waals surface area contributed by atoms with Crippen LogP contribution in [0.1, 0.15) is 65.2 Å². The van der Waals surface area contributed by atoms with Gasteiger partial charge in [-0.2, -0.15) is 0 Å². The maximum Gasteiger partial charge on any atom is 0.312 e. The van der Waals surface area contributed by atoms with E-state index >= 15 is 0 Å². The molecule has 4 aliphatic carbocycles. The zero-order valence-electron chi connectivity index (χ0n) is 16.8. The number of allylic oxidation sites excluding steroid dienone is 2. The second kappa shape index (κ2) is 6.56. The summed E-state index contributed by atoms with van der Waals surface area (Å²) in [4.78, 5) is 25.1. The van der Waals surface area contributed by atoms with Crippen molar-refractivity contribution in [2.45, 2.75) is 76.9 Å². The number of ether oxygens (including phenoxy) is 1. The predicted molar refractivity (Wildman–Crippen MR) is 101 cm³/mol. The molecule has 6 heteroatoms. The summed E-state index contributed by atoms with van der Waals surface area (Å²) in [5.74, 6) is -1.36. The smallest absolute Gasteiger partial charge is 0.312 e. The maximum absolute atomic E-state index is 12.6. The minimum atomic E-state index is -1.36. The lowest BCUT2D eigenvalue weighted by Crippen LogP contribution is -2.66. The Balaban J connectivity index is 1.69. The number of esters is 1. The lowest BCUT2D eigenvalue weighted by atomic mass is 9.43. The number of hydrogen-bond donors (Lipinski definition) is 3. The van der Waals surface area contributed by atoms with E-state index in [2.05, 4.69) is 13.0 Å². The van der Waals surface area contributed by atoms with Gasteiger partial charge in [0.25, 0.3) is 0 Å². The van der Waals surface area contributed by atoms with Crippen molar-refractivity contribution in [1.82, 2.24) is 0 Å². The van der Waals surface area contributed by atoms with Crippen LogP contribution in [0.15, 0.2) is 11.6 Å².